The number of fused-ring (bicyclic) bond motifs is 1. The minimum absolute atomic E-state index is 0.177. The molecule has 0 saturated carbocycles. The number of nitrogens with one attached hydrogen (secondary N) is 2. The first-order chi connectivity index (χ1) is 14.5. The van der Waals surface area contributed by atoms with E-state index in [1.165, 1.54) is 24.3 Å². The quantitative estimate of drug-likeness (QED) is 0.577. The summed E-state index contributed by atoms with van der Waals surface area (Å²) in [5.41, 5.74) is 3.82. The van der Waals surface area contributed by atoms with E-state index in [0.29, 0.717) is 20.7 Å². The van der Waals surface area contributed by atoms with E-state index in [1.54, 1.807) is 48.5 Å². The predicted octanol–water partition coefficient (Wildman–Crippen LogP) is 3.64. The average Bonchev–Trinajstić information content (AvgIpc) is 2.99. The van der Waals surface area contributed by atoms with Crippen LogP contribution in [0.5, 0.6) is 0 Å². The largest absolute Gasteiger partial charge is 0.322 e. The van der Waals surface area contributed by atoms with Crippen molar-refractivity contribution < 1.29 is 19.2 Å². The average molecular weight is 464 g/mol. The van der Waals surface area contributed by atoms with Crippen LogP contribution in [0.1, 0.15) is 41.4 Å². The molecule has 0 aliphatic carbocycles. The Kier molecular flexibility index (Phi) is 5.16. The lowest BCUT2D eigenvalue weighted by Crippen LogP contribution is -2.45. The summed E-state index contributed by atoms with van der Waals surface area (Å²) >= 11 is 3.33. The second-order valence-corrected chi connectivity index (χ2v) is 7.30. The molecular formula is C22H14BrN3O4. The second kappa shape index (κ2) is 7.92. The maximum Gasteiger partial charge on any atom is 0.280 e. The summed E-state index contributed by atoms with van der Waals surface area (Å²) < 4.78 is 0.641. The van der Waals surface area contributed by atoms with Gasteiger partial charge < -0.3 is 5.32 Å². The molecule has 0 saturated heterocycles. The lowest BCUT2D eigenvalue weighted by molar-refractivity contribution is 0.0518. The fourth-order valence-electron chi connectivity index (χ4n) is 3.04. The van der Waals surface area contributed by atoms with Gasteiger partial charge in [0.2, 0.25) is 0 Å². The van der Waals surface area contributed by atoms with Crippen molar-refractivity contribution in [2.75, 3.05) is 5.32 Å². The van der Waals surface area contributed by atoms with E-state index in [4.69, 9.17) is 0 Å². The van der Waals surface area contributed by atoms with Crippen molar-refractivity contribution in [1.82, 2.24) is 10.4 Å². The van der Waals surface area contributed by atoms with E-state index in [-0.39, 0.29) is 22.6 Å². The van der Waals surface area contributed by atoms with Crippen LogP contribution < -0.4 is 10.7 Å². The van der Waals surface area contributed by atoms with Crippen molar-refractivity contribution in [3.63, 3.8) is 0 Å². The highest BCUT2D eigenvalue weighted by Crippen LogP contribution is 2.22. The number of rotatable bonds is 4. The molecule has 0 radical (unpaired) electrons. The second-order valence-electron chi connectivity index (χ2n) is 6.45. The smallest absolute Gasteiger partial charge is 0.280 e. The summed E-state index contributed by atoms with van der Waals surface area (Å²) in [6.45, 7) is 0. The van der Waals surface area contributed by atoms with Gasteiger partial charge in [-0.2, -0.15) is 5.01 Å². The van der Waals surface area contributed by atoms with Crippen LogP contribution in [-0.4, -0.2) is 28.6 Å². The highest BCUT2D eigenvalue weighted by atomic mass is 79.9. The summed E-state index contributed by atoms with van der Waals surface area (Å²) in [6, 6.07) is 19.5. The number of amides is 4. The molecule has 0 atom stereocenters. The van der Waals surface area contributed by atoms with E-state index in [2.05, 4.69) is 26.7 Å². The van der Waals surface area contributed by atoms with E-state index in [9.17, 15) is 19.2 Å². The first kappa shape index (κ1) is 19.5. The van der Waals surface area contributed by atoms with E-state index in [0.717, 1.165) is 0 Å². The number of nitrogens with zero attached hydrogens (tertiary/aromatic N) is 1. The molecule has 148 valence electrons. The fourth-order valence-corrected chi connectivity index (χ4v) is 3.50. The Morgan fingerprint density at radius 2 is 1.40 bits per heavy atom. The van der Waals surface area contributed by atoms with Gasteiger partial charge in [0.05, 0.1) is 16.7 Å². The first-order valence-electron chi connectivity index (χ1n) is 8.90. The number of imide groups is 1. The summed E-state index contributed by atoms with van der Waals surface area (Å²) in [7, 11) is 0. The summed E-state index contributed by atoms with van der Waals surface area (Å²) in [4.78, 5) is 49.9. The fraction of sp³-hybridized carbons (Fsp3) is 0. The number of carbonyl (C=O) groups excluding carboxylic acids is 4. The Morgan fingerprint density at radius 1 is 0.767 bits per heavy atom. The van der Waals surface area contributed by atoms with E-state index >= 15 is 0 Å². The molecule has 3 aromatic rings. The molecule has 0 unspecified atom stereocenters. The zero-order chi connectivity index (χ0) is 21.3. The van der Waals surface area contributed by atoms with Crippen molar-refractivity contribution in [1.29, 1.82) is 0 Å². The number of hydrazine groups is 1. The van der Waals surface area contributed by atoms with Crippen LogP contribution in [0.25, 0.3) is 0 Å². The molecule has 0 bridgehead atoms. The monoisotopic (exact) mass is 463 g/mol. The van der Waals surface area contributed by atoms with Crippen molar-refractivity contribution in [3.05, 3.63) is 99.5 Å². The van der Waals surface area contributed by atoms with Crippen LogP contribution in [0.15, 0.2) is 77.3 Å². The predicted molar refractivity (Wildman–Crippen MR) is 113 cm³/mol. The van der Waals surface area contributed by atoms with Crippen molar-refractivity contribution >= 4 is 45.2 Å². The zero-order valence-corrected chi connectivity index (χ0v) is 17.0. The van der Waals surface area contributed by atoms with Gasteiger partial charge in [-0.1, -0.05) is 30.3 Å². The minimum atomic E-state index is -0.651. The number of carbonyl (C=O) groups is 4. The third-order valence-electron chi connectivity index (χ3n) is 4.51. The van der Waals surface area contributed by atoms with Crippen molar-refractivity contribution in [2.45, 2.75) is 0 Å². The number of hydrogen-bond donors (Lipinski definition) is 2. The highest BCUT2D eigenvalue weighted by Gasteiger charge is 2.36. The Labute approximate surface area is 179 Å². The molecule has 2 N–H and O–H groups in total. The Balaban J connectivity index is 1.50. The number of halogens is 1. The third-order valence-corrected chi connectivity index (χ3v) is 5.20. The van der Waals surface area contributed by atoms with Crippen molar-refractivity contribution in [3.8, 4) is 0 Å². The molecule has 3 aromatic carbocycles. The van der Waals surface area contributed by atoms with E-state index in [1.807, 2.05) is 0 Å². The summed E-state index contributed by atoms with van der Waals surface area (Å²) in [6.07, 6.45) is 0. The zero-order valence-electron chi connectivity index (χ0n) is 15.4. The molecule has 1 heterocycles. The number of hydrogen-bond acceptors (Lipinski definition) is 4. The van der Waals surface area contributed by atoms with Crippen LogP contribution >= 0.6 is 15.9 Å². The van der Waals surface area contributed by atoms with Crippen LogP contribution in [0.2, 0.25) is 0 Å². The lowest BCUT2D eigenvalue weighted by Gasteiger charge is -2.15. The van der Waals surface area contributed by atoms with Gasteiger partial charge in [0.25, 0.3) is 23.6 Å². The molecular weight excluding hydrogens is 450 g/mol. The maximum atomic E-state index is 12.6. The SMILES string of the molecule is O=C(NN1C(=O)c2ccccc2C1=O)c1cccc(NC(=O)c2ccccc2Br)c1. The first-order valence-corrected chi connectivity index (χ1v) is 9.70. The minimum Gasteiger partial charge on any atom is -0.322 e. The molecule has 7 nitrogen and oxygen atoms in total. The van der Waals surface area contributed by atoms with Gasteiger partial charge in [-0.3, -0.25) is 24.6 Å². The van der Waals surface area contributed by atoms with Gasteiger partial charge in [0.1, 0.15) is 0 Å². The lowest BCUT2D eigenvalue weighted by atomic mass is 10.1. The van der Waals surface area contributed by atoms with Gasteiger partial charge >= 0.3 is 0 Å². The van der Waals surface area contributed by atoms with E-state index < -0.39 is 17.7 Å². The molecule has 4 rings (SSSR count). The Morgan fingerprint density at radius 3 is 2.07 bits per heavy atom. The normalized spacial score (nSPS) is 12.5. The Bertz CT molecular complexity index is 1170. The third kappa shape index (κ3) is 3.60. The standard InChI is InChI=1S/C22H14BrN3O4/c23-18-11-4-3-10-17(18)20(28)24-14-7-5-6-13(12-14)19(27)25-26-21(29)15-8-1-2-9-16(15)22(26)30/h1-12H,(H,24,28)(H,25,27). The highest BCUT2D eigenvalue weighted by molar-refractivity contribution is 9.10. The summed E-state index contributed by atoms with van der Waals surface area (Å²) in [5.74, 6) is -2.19. The molecule has 1 aliphatic rings. The van der Waals surface area contributed by atoms with Crippen LogP contribution in [0, 0.1) is 0 Å². The molecule has 0 fully saturated rings. The Hall–Kier alpha value is -3.78. The van der Waals surface area contributed by atoms with Crippen molar-refractivity contribution in [2.24, 2.45) is 0 Å². The maximum absolute atomic E-state index is 12.6. The van der Waals surface area contributed by atoms with Gasteiger partial charge in [0.15, 0.2) is 0 Å². The van der Waals surface area contributed by atoms with Crippen LogP contribution in [0.4, 0.5) is 5.69 Å². The number of benzene rings is 3. The van der Waals surface area contributed by atoms with Gasteiger partial charge in [-0.25, -0.2) is 0 Å². The van der Waals surface area contributed by atoms with Crippen LogP contribution in [-0.2, 0) is 0 Å². The molecule has 8 heteroatoms. The molecule has 30 heavy (non-hydrogen) atoms. The molecule has 4 amide bonds. The van der Waals surface area contributed by atoms with Gasteiger partial charge in [0, 0.05) is 15.7 Å². The van der Waals surface area contributed by atoms with Gasteiger partial charge in [-0.05, 0) is 58.4 Å². The summed E-state index contributed by atoms with van der Waals surface area (Å²) in [5, 5.41) is 3.42. The molecule has 0 spiro atoms. The number of anilines is 1. The molecule has 0 aromatic heterocycles. The van der Waals surface area contributed by atoms with Crippen LogP contribution in [0.3, 0.4) is 0 Å². The topological polar surface area (TPSA) is 95.6 Å². The van der Waals surface area contributed by atoms with Gasteiger partial charge in [-0.15, -0.1) is 0 Å². The molecule has 1 aliphatic heterocycles.